The molecular formula is C24H24FN5O2S. The second-order valence-electron chi connectivity index (χ2n) is 8.47. The predicted molar refractivity (Wildman–Crippen MR) is 128 cm³/mol. The Hall–Kier alpha value is -3.09. The molecule has 0 saturated heterocycles. The Morgan fingerprint density at radius 1 is 1.42 bits per heavy atom. The van der Waals surface area contributed by atoms with Crippen molar-refractivity contribution in [2.24, 2.45) is 16.6 Å². The standard InChI is InChI=1S/C24H24FN5O2S/c1-4-9-32-20-6-5-15-7-8-27-13-18(15)30(20)16-10-17(21(31-3)28-12-16)23(2)19-11-24(19,14-25)33-22(26)29-23/h1,5-8,10,12-13,19-20H,9,11,14H2,2-3H3,(H2,26,29)/t19-,20?,23+,24+/m0/s1. The first-order valence-corrected chi connectivity index (χ1v) is 11.4. The average Bonchev–Trinajstić information content (AvgIpc) is 3.58. The molecule has 7 nitrogen and oxygen atoms in total. The second-order valence-corrected chi connectivity index (χ2v) is 9.91. The number of aliphatic imine (C=N–C) groups is 1. The summed E-state index contributed by atoms with van der Waals surface area (Å²) < 4.78 is 25.0. The number of terminal acetylenes is 1. The number of halogens is 1. The van der Waals surface area contributed by atoms with Crippen molar-refractivity contribution in [1.29, 1.82) is 0 Å². The van der Waals surface area contributed by atoms with Crippen molar-refractivity contribution in [1.82, 2.24) is 9.97 Å². The van der Waals surface area contributed by atoms with Crippen LogP contribution in [0.15, 0.2) is 41.8 Å². The van der Waals surface area contributed by atoms with Gasteiger partial charge in [-0.1, -0.05) is 23.8 Å². The van der Waals surface area contributed by atoms with Crippen molar-refractivity contribution < 1.29 is 13.9 Å². The number of amidine groups is 1. The Morgan fingerprint density at radius 3 is 3.03 bits per heavy atom. The van der Waals surface area contributed by atoms with Crippen LogP contribution in [0.1, 0.15) is 24.5 Å². The van der Waals surface area contributed by atoms with E-state index in [0.29, 0.717) is 17.5 Å². The molecule has 5 rings (SSSR count). The van der Waals surface area contributed by atoms with Gasteiger partial charge in [-0.25, -0.2) is 9.37 Å². The molecule has 2 aromatic rings. The van der Waals surface area contributed by atoms with Crippen LogP contribution in [0.2, 0.25) is 0 Å². The lowest BCUT2D eigenvalue weighted by Crippen LogP contribution is -2.37. The maximum Gasteiger partial charge on any atom is 0.218 e. The summed E-state index contributed by atoms with van der Waals surface area (Å²) in [5.74, 6) is 2.94. The fourth-order valence-electron chi connectivity index (χ4n) is 4.87. The molecule has 1 fully saturated rings. The molecule has 0 bridgehead atoms. The molecule has 2 aliphatic heterocycles. The number of nitrogens with zero attached hydrogens (tertiary/aromatic N) is 4. The molecule has 33 heavy (non-hydrogen) atoms. The van der Waals surface area contributed by atoms with Gasteiger partial charge in [0.2, 0.25) is 5.88 Å². The molecule has 0 spiro atoms. The zero-order valence-electron chi connectivity index (χ0n) is 18.4. The van der Waals surface area contributed by atoms with Crippen LogP contribution in [0, 0.1) is 18.3 Å². The molecular weight excluding hydrogens is 441 g/mol. The summed E-state index contributed by atoms with van der Waals surface area (Å²) in [6.45, 7) is 1.67. The number of ether oxygens (including phenoxy) is 2. The SMILES string of the molecule is C#CCOC1C=Cc2ccncc2N1c1cnc(OC)c([C@@]2(C)N=C(N)S[C@@]3(CF)C[C@H]32)c1. The minimum Gasteiger partial charge on any atom is -0.481 e. The van der Waals surface area contributed by atoms with Gasteiger partial charge in [0.05, 0.1) is 41.2 Å². The summed E-state index contributed by atoms with van der Waals surface area (Å²) in [6.07, 6.45) is 14.8. The lowest BCUT2D eigenvalue weighted by atomic mass is 9.86. The summed E-state index contributed by atoms with van der Waals surface area (Å²) in [6, 6.07) is 3.90. The first kappa shape index (κ1) is 21.7. The highest BCUT2D eigenvalue weighted by molar-refractivity contribution is 8.15. The lowest BCUT2D eigenvalue weighted by molar-refractivity contribution is 0.118. The van der Waals surface area contributed by atoms with Gasteiger partial charge in [0.15, 0.2) is 11.4 Å². The third-order valence-corrected chi connectivity index (χ3v) is 7.82. The monoisotopic (exact) mass is 465 g/mol. The number of hydrogen-bond donors (Lipinski definition) is 1. The molecule has 1 unspecified atom stereocenters. The first-order valence-electron chi connectivity index (χ1n) is 10.6. The van der Waals surface area contributed by atoms with Crippen molar-refractivity contribution in [2.45, 2.75) is 29.9 Å². The third-order valence-electron chi connectivity index (χ3n) is 6.56. The Bertz CT molecular complexity index is 1200. The number of fused-ring (bicyclic) bond motifs is 2. The lowest BCUT2D eigenvalue weighted by Gasteiger charge is -2.37. The Balaban J connectivity index is 1.63. The van der Waals surface area contributed by atoms with Gasteiger partial charge in [0.1, 0.15) is 13.3 Å². The van der Waals surface area contributed by atoms with Gasteiger partial charge >= 0.3 is 0 Å². The van der Waals surface area contributed by atoms with Crippen LogP contribution in [0.25, 0.3) is 6.08 Å². The molecule has 170 valence electrons. The number of thioether (sulfide) groups is 1. The predicted octanol–water partition coefficient (Wildman–Crippen LogP) is 3.63. The zero-order valence-corrected chi connectivity index (χ0v) is 19.2. The van der Waals surface area contributed by atoms with Gasteiger partial charge < -0.3 is 20.1 Å². The maximum absolute atomic E-state index is 14.0. The number of anilines is 2. The van der Waals surface area contributed by atoms with E-state index in [-0.39, 0.29) is 12.5 Å². The van der Waals surface area contributed by atoms with Gasteiger partial charge in [-0.05, 0) is 31.6 Å². The molecule has 0 amide bonds. The van der Waals surface area contributed by atoms with E-state index in [1.54, 1.807) is 25.7 Å². The van der Waals surface area contributed by atoms with Crippen molar-refractivity contribution in [3.63, 3.8) is 0 Å². The summed E-state index contributed by atoms with van der Waals surface area (Å²) >= 11 is 1.33. The van der Waals surface area contributed by atoms with Gasteiger partial charge in [0, 0.05) is 23.2 Å². The normalized spacial score (nSPS) is 29.5. The molecule has 9 heteroatoms. The maximum atomic E-state index is 14.0. The fraction of sp³-hybridized carbons (Fsp3) is 0.375. The molecule has 2 N–H and O–H groups in total. The second kappa shape index (κ2) is 8.04. The van der Waals surface area contributed by atoms with Gasteiger partial charge in [-0.2, -0.15) is 0 Å². The van der Waals surface area contributed by atoms with Crippen LogP contribution < -0.4 is 15.4 Å². The van der Waals surface area contributed by atoms with E-state index >= 15 is 0 Å². The molecule has 1 aliphatic carbocycles. The topological polar surface area (TPSA) is 85.9 Å². The minimum absolute atomic E-state index is 0.0121. The summed E-state index contributed by atoms with van der Waals surface area (Å²) in [4.78, 5) is 15.7. The number of alkyl halides is 1. The van der Waals surface area contributed by atoms with Crippen molar-refractivity contribution >= 4 is 34.4 Å². The fourth-order valence-corrected chi connectivity index (χ4v) is 6.20. The number of rotatable bonds is 6. The summed E-state index contributed by atoms with van der Waals surface area (Å²) in [5.41, 5.74) is 8.74. The van der Waals surface area contributed by atoms with Crippen LogP contribution in [-0.2, 0) is 10.3 Å². The van der Waals surface area contributed by atoms with E-state index in [0.717, 1.165) is 22.5 Å². The molecule has 0 radical (unpaired) electrons. The van der Waals surface area contributed by atoms with Crippen LogP contribution in [0.3, 0.4) is 0 Å². The minimum atomic E-state index is -0.770. The third kappa shape index (κ3) is 3.45. The van der Waals surface area contributed by atoms with Gasteiger partial charge in [-0.3, -0.25) is 9.98 Å². The van der Waals surface area contributed by atoms with Crippen LogP contribution in [0.5, 0.6) is 5.88 Å². The highest BCUT2D eigenvalue weighted by Crippen LogP contribution is 2.66. The van der Waals surface area contributed by atoms with Crippen molar-refractivity contribution in [3.05, 3.63) is 47.9 Å². The number of nitrogens with two attached hydrogens (primary N) is 1. The van der Waals surface area contributed by atoms with Crippen LogP contribution in [-0.4, -0.2) is 46.5 Å². The van der Waals surface area contributed by atoms with E-state index in [9.17, 15) is 4.39 Å². The number of hydrogen-bond acceptors (Lipinski definition) is 8. The van der Waals surface area contributed by atoms with E-state index in [1.807, 2.05) is 36.1 Å². The molecule has 0 aromatic carbocycles. The smallest absolute Gasteiger partial charge is 0.218 e. The largest absolute Gasteiger partial charge is 0.481 e. The van der Waals surface area contributed by atoms with Gasteiger partial charge in [-0.15, -0.1) is 6.42 Å². The average molecular weight is 466 g/mol. The Kier molecular flexibility index (Phi) is 5.30. The quantitative estimate of drug-likeness (QED) is 0.652. The van der Waals surface area contributed by atoms with Crippen molar-refractivity contribution in [3.8, 4) is 18.2 Å². The Labute approximate surface area is 196 Å². The molecule has 2 aromatic heterocycles. The summed E-state index contributed by atoms with van der Waals surface area (Å²) in [5, 5.41) is 0.377. The van der Waals surface area contributed by atoms with E-state index < -0.39 is 23.2 Å². The highest BCUT2D eigenvalue weighted by Gasteiger charge is 2.67. The zero-order chi connectivity index (χ0) is 23.2. The molecule has 1 saturated carbocycles. The number of aromatic nitrogens is 2. The van der Waals surface area contributed by atoms with Gasteiger partial charge in [0.25, 0.3) is 0 Å². The van der Waals surface area contributed by atoms with E-state index in [2.05, 4.69) is 15.9 Å². The first-order chi connectivity index (χ1) is 16.0. The van der Waals surface area contributed by atoms with Crippen molar-refractivity contribution in [2.75, 3.05) is 25.3 Å². The summed E-state index contributed by atoms with van der Waals surface area (Å²) in [7, 11) is 1.57. The number of pyridine rings is 2. The Morgan fingerprint density at radius 2 is 2.27 bits per heavy atom. The number of methoxy groups -OCH3 is 1. The van der Waals surface area contributed by atoms with Crippen LogP contribution >= 0.6 is 11.8 Å². The van der Waals surface area contributed by atoms with E-state index in [1.165, 1.54) is 11.8 Å². The molecule has 4 atom stereocenters. The molecule has 4 heterocycles. The van der Waals surface area contributed by atoms with Crippen LogP contribution in [0.4, 0.5) is 15.8 Å². The molecule has 3 aliphatic rings. The van der Waals surface area contributed by atoms with E-state index in [4.69, 9.17) is 26.6 Å². The highest BCUT2D eigenvalue weighted by atomic mass is 32.2.